The van der Waals surface area contributed by atoms with Crippen LogP contribution in [0.4, 0.5) is 5.82 Å². The number of fused-ring (bicyclic) bond motifs is 2. The molecule has 0 amide bonds. The Morgan fingerprint density at radius 1 is 1.00 bits per heavy atom. The van der Waals surface area contributed by atoms with E-state index in [1.807, 2.05) is 42.8 Å². The highest BCUT2D eigenvalue weighted by atomic mass is 16.5. The van der Waals surface area contributed by atoms with Crippen LogP contribution in [-0.4, -0.2) is 48.4 Å². The highest BCUT2D eigenvalue weighted by molar-refractivity contribution is 5.52. The van der Waals surface area contributed by atoms with Crippen molar-refractivity contribution in [3.8, 4) is 5.88 Å². The van der Waals surface area contributed by atoms with Crippen LogP contribution in [0.25, 0.3) is 11.3 Å². The number of nitrogens with zero attached hydrogens (tertiary/aromatic N) is 7. The van der Waals surface area contributed by atoms with Gasteiger partial charge in [0.05, 0.1) is 11.9 Å². The molecule has 0 aromatic carbocycles. The molecule has 0 radical (unpaired) electrons. The SMILES string of the molecule is Cc1cc(N2CCC(Oc3ccn4nccc4n3)CC2)n2nc(C)cc2n1. The molecule has 1 fully saturated rings. The summed E-state index contributed by atoms with van der Waals surface area (Å²) in [4.78, 5) is 11.4. The summed E-state index contributed by atoms with van der Waals surface area (Å²) < 4.78 is 9.80. The van der Waals surface area contributed by atoms with E-state index < -0.39 is 0 Å². The van der Waals surface area contributed by atoms with Crippen molar-refractivity contribution in [1.82, 2.24) is 29.2 Å². The van der Waals surface area contributed by atoms with Crippen molar-refractivity contribution in [3.63, 3.8) is 0 Å². The Labute approximate surface area is 156 Å². The van der Waals surface area contributed by atoms with Crippen molar-refractivity contribution in [2.24, 2.45) is 0 Å². The number of rotatable bonds is 3. The van der Waals surface area contributed by atoms with Gasteiger partial charge in [0.1, 0.15) is 11.9 Å². The van der Waals surface area contributed by atoms with Crippen LogP contribution in [0.5, 0.6) is 5.88 Å². The monoisotopic (exact) mass is 363 g/mol. The third-order valence-electron chi connectivity index (χ3n) is 4.94. The second-order valence-electron chi connectivity index (χ2n) is 7.02. The zero-order chi connectivity index (χ0) is 18.4. The smallest absolute Gasteiger partial charge is 0.217 e. The number of anilines is 1. The van der Waals surface area contributed by atoms with Gasteiger partial charge in [0.15, 0.2) is 11.3 Å². The van der Waals surface area contributed by atoms with E-state index in [0.717, 1.165) is 54.4 Å². The molecule has 5 heterocycles. The first-order valence-electron chi connectivity index (χ1n) is 9.22. The molecule has 27 heavy (non-hydrogen) atoms. The molecular formula is C19H21N7O. The summed E-state index contributed by atoms with van der Waals surface area (Å²) in [5.41, 5.74) is 3.69. The number of aromatic nitrogens is 6. The third kappa shape index (κ3) is 2.97. The number of piperidine rings is 1. The average Bonchev–Trinajstić information content (AvgIpc) is 3.26. The molecule has 4 aromatic rings. The van der Waals surface area contributed by atoms with E-state index >= 15 is 0 Å². The van der Waals surface area contributed by atoms with Gasteiger partial charge in [-0.15, -0.1) is 0 Å². The predicted octanol–water partition coefficient (Wildman–Crippen LogP) is 2.44. The fourth-order valence-corrected chi connectivity index (χ4v) is 3.65. The summed E-state index contributed by atoms with van der Waals surface area (Å²) in [7, 11) is 0. The first kappa shape index (κ1) is 16.0. The van der Waals surface area contributed by atoms with Gasteiger partial charge in [-0.25, -0.2) is 9.50 Å². The zero-order valence-electron chi connectivity index (χ0n) is 15.4. The van der Waals surface area contributed by atoms with E-state index in [1.165, 1.54) is 0 Å². The maximum Gasteiger partial charge on any atom is 0.217 e. The minimum atomic E-state index is 0.164. The Morgan fingerprint density at radius 2 is 1.85 bits per heavy atom. The number of hydrogen-bond acceptors (Lipinski definition) is 6. The maximum absolute atomic E-state index is 6.12. The van der Waals surface area contributed by atoms with Crippen LogP contribution < -0.4 is 9.64 Å². The first-order valence-corrected chi connectivity index (χ1v) is 9.22. The lowest BCUT2D eigenvalue weighted by Crippen LogP contribution is -2.39. The van der Waals surface area contributed by atoms with Gasteiger partial charge >= 0.3 is 0 Å². The van der Waals surface area contributed by atoms with Gasteiger partial charge < -0.3 is 9.64 Å². The molecule has 138 valence electrons. The summed E-state index contributed by atoms with van der Waals surface area (Å²) in [5, 5.41) is 8.77. The van der Waals surface area contributed by atoms with Crippen molar-refractivity contribution in [2.75, 3.05) is 18.0 Å². The van der Waals surface area contributed by atoms with Gasteiger partial charge in [0.2, 0.25) is 5.88 Å². The molecule has 1 saturated heterocycles. The highest BCUT2D eigenvalue weighted by Crippen LogP contribution is 2.24. The molecule has 0 aliphatic carbocycles. The largest absolute Gasteiger partial charge is 0.474 e. The quantitative estimate of drug-likeness (QED) is 0.557. The van der Waals surface area contributed by atoms with Gasteiger partial charge in [-0.2, -0.15) is 19.7 Å². The normalized spacial score (nSPS) is 15.7. The summed E-state index contributed by atoms with van der Waals surface area (Å²) in [6, 6.07) is 7.87. The van der Waals surface area contributed by atoms with Crippen LogP contribution in [0.3, 0.4) is 0 Å². The molecule has 1 aliphatic heterocycles. The van der Waals surface area contributed by atoms with E-state index in [4.69, 9.17) is 4.74 Å². The lowest BCUT2D eigenvalue weighted by atomic mass is 10.1. The van der Waals surface area contributed by atoms with E-state index in [2.05, 4.69) is 31.1 Å². The van der Waals surface area contributed by atoms with E-state index in [1.54, 1.807) is 10.7 Å². The van der Waals surface area contributed by atoms with Gasteiger partial charge in [-0.3, -0.25) is 0 Å². The molecule has 0 spiro atoms. The molecule has 0 atom stereocenters. The average molecular weight is 363 g/mol. The topological polar surface area (TPSA) is 72.9 Å². The van der Waals surface area contributed by atoms with Gasteiger partial charge in [0.25, 0.3) is 0 Å². The summed E-state index contributed by atoms with van der Waals surface area (Å²) in [6.07, 6.45) is 5.66. The zero-order valence-corrected chi connectivity index (χ0v) is 15.4. The van der Waals surface area contributed by atoms with Gasteiger partial charge in [0, 0.05) is 62.1 Å². The molecule has 0 saturated carbocycles. The van der Waals surface area contributed by atoms with Crippen molar-refractivity contribution in [1.29, 1.82) is 0 Å². The van der Waals surface area contributed by atoms with Crippen LogP contribution in [0.15, 0.2) is 36.7 Å². The first-order chi connectivity index (χ1) is 13.2. The number of aryl methyl sites for hydroxylation is 2. The van der Waals surface area contributed by atoms with Crippen LogP contribution in [-0.2, 0) is 0 Å². The number of ether oxygens (including phenoxy) is 1. The lowest BCUT2D eigenvalue weighted by molar-refractivity contribution is 0.164. The van der Waals surface area contributed by atoms with Crippen molar-refractivity contribution < 1.29 is 4.74 Å². The molecular weight excluding hydrogens is 342 g/mol. The van der Waals surface area contributed by atoms with Crippen LogP contribution in [0.1, 0.15) is 24.2 Å². The van der Waals surface area contributed by atoms with E-state index in [9.17, 15) is 0 Å². The van der Waals surface area contributed by atoms with Crippen molar-refractivity contribution in [2.45, 2.75) is 32.8 Å². The van der Waals surface area contributed by atoms with Gasteiger partial charge in [-0.05, 0) is 13.8 Å². The molecule has 8 heteroatoms. The predicted molar refractivity (Wildman–Crippen MR) is 101 cm³/mol. The van der Waals surface area contributed by atoms with E-state index in [0.29, 0.717) is 5.88 Å². The molecule has 5 rings (SSSR count). The fourth-order valence-electron chi connectivity index (χ4n) is 3.65. The van der Waals surface area contributed by atoms with Crippen molar-refractivity contribution >= 4 is 17.1 Å². The Balaban J connectivity index is 1.31. The molecule has 8 nitrogen and oxygen atoms in total. The minimum Gasteiger partial charge on any atom is -0.474 e. The highest BCUT2D eigenvalue weighted by Gasteiger charge is 2.23. The molecule has 0 unspecified atom stereocenters. The molecule has 4 aromatic heterocycles. The summed E-state index contributed by atoms with van der Waals surface area (Å²) in [5.74, 6) is 1.76. The second-order valence-corrected chi connectivity index (χ2v) is 7.02. The van der Waals surface area contributed by atoms with Crippen LogP contribution in [0.2, 0.25) is 0 Å². The van der Waals surface area contributed by atoms with Gasteiger partial charge in [-0.1, -0.05) is 0 Å². The number of hydrogen-bond donors (Lipinski definition) is 0. The lowest BCUT2D eigenvalue weighted by Gasteiger charge is -2.33. The van der Waals surface area contributed by atoms with Crippen LogP contribution >= 0.6 is 0 Å². The Morgan fingerprint density at radius 3 is 2.70 bits per heavy atom. The molecule has 0 N–H and O–H groups in total. The summed E-state index contributed by atoms with van der Waals surface area (Å²) >= 11 is 0. The Bertz CT molecular complexity index is 1110. The molecule has 1 aliphatic rings. The Hall–Kier alpha value is -3.16. The van der Waals surface area contributed by atoms with Crippen molar-refractivity contribution in [3.05, 3.63) is 48.0 Å². The Kier molecular flexibility index (Phi) is 3.70. The fraction of sp³-hybridized carbons (Fsp3) is 0.368. The van der Waals surface area contributed by atoms with E-state index in [-0.39, 0.29) is 6.10 Å². The second kappa shape index (κ2) is 6.22. The maximum atomic E-state index is 6.12. The molecule has 0 bridgehead atoms. The third-order valence-corrected chi connectivity index (χ3v) is 4.94. The minimum absolute atomic E-state index is 0.164. The van der Waals surface area contributed by atoms with Crippen LogP contribution in [0, 0.1) is 13.8 Å². The standard InChI is InChI=1S/C19H21N7O/c1-13-12-19(26-17(21-13)11-14(2)23-26)24-8-4-15(5-9-24)27-18-6-10-25-16(22-18)3-7-20-25/h3,6-7,10-12,15H,4-5,8-9H2,1-2H3. The summed E-state index contributed by atoms with van der Waals surface area (Å²) in [6.45, 7) is 5.85.